The zero-order chi connectivity index (χ0) is 41.7. The highest BCUT2D eigenvalue weighted by atomic mass is 16.3. The van der Waals surface area contributed by atoms with Gasteiger partial charge in [0.1, 0.15) is 11.2 Å². The summed E-state index contributed by atoms with van der Waals surface area (Å²) < 4.78 is 8.78. The lowest BCUT2D eigenvalue weighted by Gasteiger charge is -2.26. The Hall–Kier alpha value is -8.40. The number of hydrogen-bond acceptors (Lipinski definition) is 2. The van der Waals surface area contributed by atoms with E-state index in [0.29, 0.717) is 0 Å². The van der Waals surface area contributed by atoms with Crippen LogP contribution in [0.25, 0.3) is 93.9 Å². The van der Waals surface area contributed by atoms with Gasteiger partial charge >= 0.3 is 0 Å². The SMILES string of the molecule is c1ccc(-c2cccc(N(c3ccccc3)c3ccc(-c4cc(-c5ccc6c(c5)oc5ccccc56)cc(-c5ccc6c(c5)c5ccccc5n6-c5ccccc5)c4)cc3)c2)cc1. The molecule has 0 aliphatic rings. The van der Waals surface area contributed by atoms with Gasteiger partial charge in [0.05, 0.1) is 11.0 Å². The summed E-state index contributed by atoms with van der Waals surface area (Å²) in [5.41, 5.74) is 17.8. The van der Waals surface area contributed by atoms with Crippen LogP contribution in [0.2, 0.25) is 0 Å². The highest BCUT2D eigenvalue weighted by molar-refractivity contribution is 6.11. The number of fused-ring (bicyclic) bond motifs is 6. The maximum absolute atomic E-state index is 6.41. The average molecular weight is 805 g/mol. The van der Waals surface area contributed by atoms with Crippen molar-refractivity contribution in [2.75, 3.05) is 4.90 Å². The number of anilines is 3. The molecule has 0 saturated carbocycles. The highest BCUT2D eigenvalue weighted by Crippen LogP contribution is 2.41. The lowest BCUT2D eigenvalue weighted by molar-refractivity contribution is 0.669. The van der Waals surface area contributed by atoms with Crippen molar-refractivity contribution in [3.05, 3.63) is 243 Å². The number of benzene rings is 10. The largest absolute Gasteiger partial charge is 0.456 e. The van der Waals surface area contributed by atoms with Crippen LogP contribution in [0.1, 0.15) is 0 Å². The molecule has 10 aromatic carbocycles. The summed E-state index contributed by atoms with van der Waals surface area (Å²) >= 11 is 0. The fourth-order valence-electron chi connectivity index (χ4n) is 9.32. The number of nitrogens with zero attached hydrogens (tertiary/aromatic N) is 2. The standard InChI is InChI=1S/C60H40N2O/c1-4-15-41(16-5-1)43-17-14-22-52(38-43)61(49-18-6-2-7-19-49)51-31-27-42(28-32-51)46-35-47(37-48(36-46)45-29-33-55-54-24-11-13-26-59(54)63-60(55)40-45)44-30-34-58-56(39-44)53-23-10-12-25-57(53)62(58)50-20-8-3-9-21-50/h1-40H. The van der Waals surface area contributed by atoms with Gasteiger partial charge in [0, 0.05) is 44.3 Å². The second kappa shape index (κ2) is 15.3. The zero-order valence-electron chi connectivity index (χ0n) is 34.4. The molecule has 63 heavy (non-hydrogen) atoms. The molecule has 2 heterocycles. The predicted octanol–water partition coefficient (Wildman–Crippen LogP) is 16.8. The van der Waals surface area contributed by atoms with Crippen LogP contribution in [0.4, 0.5) is 17.1 Å². The van der Waals surface area contributed by atoms with Crippen LogP contribution in [0.5, 0.6) is 0 Å². The summed E-state index contributed by atoms with van der Waals surface area (Å²) in [5, 5.41) is 4.72. The van der Waals surface area contributed by atoms with Gasteiger partial charge in [-0.2, -0.15) is 0 Å². The van der Waals surface area contributed by atoms with E-state index in [0.717, 1.165) is 78.1 Å². The van der Waals surface area contributed by atoms with Crippen LogP contribution in [0.3, 0.4) is 0 Å². The summed E-state index contributed by atoms with van der Waals surface area (Å²) in [6.45, 7) is 0. The van der Waals surface area contributed by atoms with E-state index in [-0.39, 0.29) is 0 Å². The lowest BCUT2D eigenvalue weighted by Crippen LogP contribution is -2.09. The van der Waals surface area contributed by atoms with Crippen molar-refractivity contribution in [2.24, 2.45) is 0 Å². The number of hydrogen-bond donors (Lipinski definition) is 0. The monoisotopic (exact) mass is 804 g/mol. The molecule has 0 aliphatic heterocycles. The van der Waals surface area contributed by atoms with Crippen molar-refractivity contribution < 1.29 is 4.42 Å². The van der Waals surface area contributed by atoms with E-state index < -0.39 is 0 Å². The Morgan fingerprint density at radius 2 is 0.778 bits per heavy atom. The third-order valence-electron chi connectivity index (χ3n) is 12.4. The average Bonchev–Trinajstić information content (AvgIpc) is 3.90. The van der Waals surface area contributed by atoms with Crippen molar-refractivity contribution in [3.63, 3.8) is 0 Å². The van der Waals surface area contributed by atoms with Gasteiger partial charge in [-0.15, -0.1) is 0 Å². The maximum Gasteiger partial charge on any atom is 0.136 e. The molecule has 0 fully saturated rings. The number of rotatable bonds is 8. The summed E-state index contributed by atoms with van der Waals surface area (Å²) in [7, 11) is 0. The van der Waals surface area contributed by atoms with Crippen LogP contribution >= 0.6 is 0 Å². The molecule has 12 aromatic rings. The molecule has 296 valence electrons. The van der Waals surface area contributed by atoms with E-state index in [1.807, 2.05) is 12.1 Å². The molecule has 3 nitrogen and oxygen atoms in total. The second-order valence-electron chi connectivity index (χ2n) is 16.2. The van der Waals surface area contributed by atoms with E-state index in [1.165, 1.54) is 32.9 Å². The first-order valence-electron chi connectivity index (χ1n) is 21.5. The van der Waals surface area contributed by atoms with Crippen molar-refractivity contribution in [3.8, 4) is 50.2 Å². The van der Waals surface area contributed by atoms with Gasteiger partial charge < -0.3 is 13.9 Å². The topological polar surface area (TPSA) is 21.3 Å². The van der Waals surface area contributed by atoms with Crippen LogP contribution in [-0.4, -0.2) is 4.57 Å². The van der Waals surface area contributed by atoms with E-state index >= 15 is 0 Å². The molecule has 0 unspecified atom stereocenters. The van der Waals surface area contributed by atoms with E-state index in [1.54, 1.807) is 0 Å². The minimum atomic E-state index is 0.887. The smallest absolute Gasteiger partial charge is 0.136 e. The van der Waals surface area contributed by atoms with Crippen LogP contribution < -0.4 is 4.90 Å². The Morgan fingerprint density at radius 3 is 1.56 bits per heavy atom. The first-order valence-corrected chi connectivity index (χ1v) is 21.5. The summed E-state index contributed by atoms with van der Waals surface area (Å²) in [6.07, 6.45) is 0. The van der Waals surface area contributed by atoms with Gasteiger partial charge in [0.2, 0.25) is 0 Å². The third kappa shape index (κ3) is 6.55. The van der Waals surface area contributed by atoms with E-state index in [9.17, 15) is 0 Å². The van der Waals surface area contributed by atoms with Crippen LogP contribution in [0, 0.1) is 0 Å². The lowest BCUT2D eigenvalue weighted by atomic mass is 9.92. The Labute approximate surface area is 366 Å². The summed E-state index contributed by atoms with van der Waals surface area (Å²) in [6, 6.07) is 87.2. The van der Waals surface area contributed by atoms with Crippen molar-refractivity contribution in [2.45, 2.75) is 0 Å². The number of aromatic nitrogens is 1. The second-order valence-corrected chi connectivity index (χ2v) is 16.2. The van der Waals surface area contributed by atoms with Crippen LogP contribution in [0.15, 0.2) is 247 Å². The number of para-hydroxylation sites is 4. The zero-order valence-corrected chi connectivity index (χ0v) is 34.4. The molecule has 2 aromatic heterocycles. The Kier molecular flexibility index (Phi) is 8.83. The molecule has 3 heteroatoms. The minimum absolute atomic E-state index is 0.887. The number of furan rings is 1. The molecule has 0 bridgehead atoms. The molecular formula is C60H40N2O. The van der Waals surface area contributed by atoms with Gasteiger partial charge in [-0.25, -0.2) is 0 Å². The molecular weight excluding hydrogens is 765 g/mol. The quantitative estimate of drug-likeness (QED) is 0.153. The first kappa shape index (κ1) is 36.5. The third-order valence-corrected chi connectivity index (χ3v) is 12.4. The van der Waals surface area contributed by atoms with Gasteiger partial charge in [0.25, 0.3) is 0 Å². The Morgan fingerprint density at radius 1 is 0.270 bits per heavy atom. The fraction of sp³-hybridized carbons (Fsp3) is 0. The molecule has 12 rings (SSSR count). The van der Waals surface area contributed by atoms with E-state index in [4.69, 9.17) is 4.42 Å². The van der Waals surface area contributed by atoms with Gasteiger partial charge in [-0.05, 0) is 148 Å². The molecule has 0 saturated heterocycles. The Bertz CT molecular complexity index is 3600. The van der Waals surface area contributed by atoms with Crippen molar-refractivity contribution in [1.82, 2.24) is 4.57 Å². The molecule has 0 atom stereocenters. The normalized spacial score (nSPS) is 11.5. The summed E-state index contributed by atoms with van der Waals surface area (Å²) in [5.74, 6) is 0. The van der Waals surface area contributed by atoms with Crippen molar-refractivity contribution in [1.29, 1.82) is 0 Å². The molecule has 0 spiro atoms. The molecule has 0 N–H and O–H groups in total. The first-order chi connectivity index (χ1) is 31.2. The van der Waals surface area contributed by atoms with Crippen LogP contribution in [-0.2, 0) is 0 Å². The van der Waals surface area contributed by atoms with Gasteiger partial charge in [0.15, 0.2) is 0 Å². The van der Waals surface area contributed by atoms with Gasteiger partial charge in [-0.1, -0.05) is 140 Å². The molecule has 0 radical (unpaired) electrons. The summed E-state index contributed by atoms with van der Waals surface area (Å²) in [4.78, 5) is 2.34. The Balaban J connectivity index is 0.999. The van der Waals surface area contributed by atoms with E-state index in [2.05, 4.69) is 240 Å². The molecule has 0 amide bonds. The van der Waals surface area contributed by atoms with Gasteiger partial charge in [-0.3, -0.25) is 0 Å². The predicted molar refractivity (Wildman–Crippen MR) is 264 cm³/mol. The fourth-order valence-corrected chi connectivity index (χ4v) is 9.32. The molecule has 0 aliphatic carbocycles. The minimum Gasteiger partial charge on any atom is -0.456 e. The maximum atomic E-state index is 6.41. The highest BCUT2D eigenvalue weighted by Gasteiger charge is 2.17. The van der Waals surface area contributed by atoms with Crippen molar-refractivity contribution >= 4 is 60.8 Å².